The van der Waals surface area contributed by atoms with Gasteiger partial charge < -0.3 is 43.0 Å². The molecule has 4 rings (SSSR count). The Morgan fingerprint density at radius 2 is 1.00 bits per heavy atom. The molecule has 0 saturated carbocycles. The van der Waals surface area contributed by atoms with E-state index < -0.39 is 24.6 Å². The highest BCUT2D eigenvalue weighted by Crippen LogP contribution is 2.33. The first-order valence-corrected chi connectivity index (χ1v) is 14.7. The SMILES string of the molecule is CC[C@H]1O[C@@H](OCCCO)[C@H](OCc2ccc(OC)cc2)[C@@H](OCc2ccc(OC)cc2)[C@H]1OCc1ccc(OC)cc1. The Morgan fingerprint density at radius 1 is 0.581 bits per heavy atom. The largest absolute Gasteiger partial charge is 0.497 e. The Bertz CT molecular complexity index is 1180. The molecule has 1 aliphatic heterocycles. The van der Waals surface area contributed by atoms with Gasteiger partial charge in [0.1, 0.15) is 35.6 Å². The van der Waals surface area contributed by atoms with Crippen LogP contribution >= 0.6 is 0 Å². The molecular formula is C34H44O9. The molecule has 1 fully saturated rings. The van der Waals surface area contributed by atoms with Crippen molar-refractivity contribution in [3.63, 3.8) is 0 Å². The summed E-state index contributed by atoms with van der Waals surface area (Å²) in [6.07, 6.45) is -1.42. The molecule has 1 saturated heterocycles. The van der Waals surface area contributed by atoms with Gasteiger partial charge in [-0.25, -0.2) is 0 Å². The maximum absolute atomic E-state index is 9.38. The molecule has 9 nitrogen and oxygen atoms in total. The predicted molar refractivity (Wildman–Crippen MR) is 161 cm³/mol. The molecule has 0 aromatic heterocycles. The van der Waals surface area contributed by atoms with Crippen molar-refractivity contribution in [1.82, 2.24) is 0 Å². The molecule has 0 radical (unpaired) electrons. The summed E-state index contributed by atoms with van der Waals surface area (Å²) >= 11 is 0. The zero-order chi connectivity index (χ0) is 30.4. The number of aliphatic hydroxyl groups excluding tert-OH is 1. The van der Waals surface area contributed by atoms with E-state index in [-0.39, 0.29) is 12.7 Å². The Kier molecular flexibility index (Phi) is 13.1. The number of hydrogen-bond acceptors (Lipinski definition) is 9. The van der Waals surface area contributed by atoms with Gasteiger partial charge in [-0.05, 0) is 65.9 Å². The molecular weight excluding hydrogens is 552 g/mol. The lowest BCUT2D eigenvalue weighted by Crippen LogP contribution is -2.60. The summed E-state index contributed by atoms with van der Waals surface area (Å²) in [5, 5.41) is 9.38. The fourth-order valence-electron chi connectivity index (χ4n) is 4.92. The summed E-state index contributed by atoms with van der Waals surface area (Å²) in [6.45, 7) is 3.40. The first-order valence-electron chi connectivity index (χ1n) is 14.7. The molecule has 43 heavy (non-hydrogen) atoms. The lowest BCUT2D eigenvalue weighted by Gasteiger charge is -2.46. The van der Waals surface area contributed by atoms with Crippen LogP contribution in [-0.2, 0) is 43.5 Å². The van der Waals surface area contributed by atoms with Crippen LogP contribution < -0.4 is 14.2 Å². The third-order valence-electron chi connectivity index (χ3n) is 7.38. The quantitative estimate of drug-likeness (QED) is 0.208. The minimum Gasteiger partial charge on any atom is -0.497 e. The summed E-state index contributed by atoms with van der Waals surface area (Å²) in [6, 6.07) is 23.3. The van der Waals surface area contributed by atoms with Crippen molar-refractivity contribution in [3.8, 4) is 17.2 Å². The minimum absolute atomic E-state index is 0.0201. The Hall–Kier alpha value is -3.18. The average Bonchev–Trinajstić information content (AvgIpc) is 3.06. The first-order chi connectivity index (χ1) is 21.1. The highest BCUT2D eigenvalue weighted by atomic mass is 16.7. The van der Waals surface area contributed by atoms with Gasteiger partial charge in [-0.15, -0.1) is 0 Å². The highest BCUT2D eigenvalue weighted by Gasteiger charge is 2.48. The lowest BCUT2D eigenvalue weighted by molar-refractivity contribution is -0.323. The van der Waals surface area contributed by atoms with Crippen molar-refractivity contribution < 1.29 is 43.0 Å². The summed E-state index contributed by atoms with van der Waals surface area (Å²) in [5.74, 6) is 2.33. The van der Waals surface area contributed by atoms with Gasteiger partial charge >= 0.3 is 0 Å². The molecule has 3 aromatic carbocycles. The van der Waals surface area contributed by atoms with Crippen LogP contribution in [0.5, 0.6) is 17.2 Å². The first kappa shape index (κ1) is 32.7. The minimum atomic E-state index is -0.712. The molecule has 234 valence electrons. The van der Waals surface area contributed by atoms with Crippen molar-refractivity contribution in [2.24, 2.45) is 0 Å². The molecule has 1 N–H and O–H groups in total. The third-order valence-corrected chi connectivity index (χ3v) is 7.38. The van der Waals surface area contributed by atoms with Crippen LogP contribution in [0.1, 0.15) is 36.5 Å². The van der Waals surface area contributed by atoms with E-state index >= 15 is 0 Å². The number of hydrogen-bond donors (Lipinski definition) is 1. The van der Waals surface area contributed by atoms with Gasteiger partial charge in [-0.2, -0.15) is 0 Å². The highest BCUT2D eigenvalue weighted by molar-refractivity contribution is 5.28. The second-order valence-electron chi connectivity index (χ2n) is 10.3. The predicted octanol–water partition coefficient (Wildman–Crippen LogP) is 5.30. The zero-order valence-corrected chi connectivity index (χ0v) is 25.5. The van der Waals surface area contributed by atoms with Crippen molar-refractivity contribution in [1.29, 1.82) is 0 Å². The van der Waals surface area contributed by atoms with E-state index in [4.69, 9.17) is 37.9 Å². The van der Waals surface area contributed by atoms with Crippen LogP contribution in [0.3, 0.4) is 0 Å². The molecule has 1 heterocycles. The van der Waals surface area contributed by atoms with E-state index in [1.54, 1.807) is 21.3 Å². The molecule has 0 amide bonds. The maximum atomic E-state index is 9.38. The van der Waals surface area contributed by atoms with E-state index in [0.29, 0.717) is 39.3 Å². The number of methoxy groups -OCH3 is 3. The Labute approximate surface area is 254 Å². The standard InChI is InChI=1S/C34H44O9/c1-5-30-31(40-21-24-7-13-27(36-2)14-8-24)32(41-22-25-9-15-28(37-3)16-10-25)33(34(43-30)39-20-6-19-35)42-23-26-11-17-29(38-4)18-12-26/h7-18,30-35H,5-6,19-23H2,1-4H3/t30-,31+,32+,33-,34-/m1/s1. The van der Waals surface area contributed by atoms with Crippen LogP contribution in [0.4, 0.5) is 0 Å². The zero-order valence-electron chi connectivity index (χ0n) is 25.5. The van der Waals surface area contributed by atoms with E-state index in [9.17, 15) is 5.11 Å². The summed E-state index contributed by atoms with van der Waals surface area (Å²) in [7, 11) is 4.93. The van der Waals surface area contributed by atoms with Gasteiger partial charge in [0.05, 0.1) is 53.9 Å². The van der Waals surface area contributed by atoms with Crippen LogP contribution in [0.15, 0.2) is 72.8 Å². The molecule has 0 unspecified atom stereocenters. The fourth-order valence-corrected chi connectivity index (χ4v) is 4.92. The number of benzene rings is 3. The molecule has 1 aliphatic rings. The van der Waals surface area contributed by atoms with Crippen molar-refractivity contribution in [3.05, 3.63) is 89.5 Å². The molecule has 9 heteroatoms. The van der Waals surface area contributed by atoms with E-state index in [0.717, 1.165) is 33.9 Å². The molecule has 0 bridgehead atoms. The summed E-state index contributed by atoms with van der Waals surface area (Å²) in [5.41, 5.74) is 2.96. The van der Waals surface area contributed by atoms with Gasteiger partial charge in [-0.1, -0.05) is 43.3 Å². The van der Waals surface area contributed by atoms with Crippen LogP contribution in [0, 0.1) is 0 Å². The van der Waals surface area contributed by atoms with E-state index in [2.05, 4.69) is 6.92 Å². The van der Waals surface area contributed by atoms with Crippen molar-refractivity contribution in [2.45, 2.75) is 70.3 Å². The van der Waals surface area contributed by atoms with Gasteiger partial charge in [-0.3, -0.25) is 0 Å². The van der Waals surface area contributed by atoms with E-state index in [1.165, 1.54) is 0 Å². The van der Waals surface area contributed by atoms with Gasteiger partial charge in [0, 0.05) is 6.61 Å². The molecule has 3 aromatic rings. The van der Waals surface area contributed by atoms with Gasteiger partial charge in [0.2, 0.25) is 0 Å². The number of aliphatic hydroxyl groups is 1. The smallest absolute Gasteiger partial charge is 0.186 e. The fraction of sp³-hybridized carbons (Fsp3) is 0.471. The lowest BCUT2D eigenvalue weighted by atomic mass is 9.96. The molecule has 0 aliphatic carbocycles. The monoisotopic (exact) mass is 596 g/mol. The number of rotatable bonds is 17. The van der Waals surface area contributed by atoms with E-state index in [1.807, 2.05) is 72.8 Å². The molecule has 0 spiro atoms. The number of ether oxygens (including phenoxy) is 8. The van der Waals surface area contributed by atoms with Crippen LogP contribution in [0.25, 0.3) is 0 Å². The van der Waals surface area contributed by atoms with Crippen molar-refractivity contribution in [2.75, 3.05) is 34.5 Å². The molecule has 5 atom stereocenters. The van der Waals surface area contributed by atoms with Crippen LogP contribution in [0.2, 0.25) is 0 Å². The maximum Gasteiger partial charge on any atom is 0.186 e. The Morgan fingerprint density at radius 3 is 1.40 bits per heavy atom. The topological polar surface area (TPSA) is 94.1 Å². The Balaban J connectivity index is 1.59. The van der Waals surface area contributed by atoms with Crippen LogP contribution in [-0.4, -0.2) is 70.4 Å². The summed E-state index contributed by atoms with van der Waals surface area (Å²) < 4.78 is 48.3. The second kappa shape index (κ2) is 17.2. The third kappa shape index (κ3) is 9.40. The average molecular weight is 597 g/mol. The van der Waals surface area contributed by atoms with Gasteiger partial charge in [0.15, 0.2) is 6.29 Å². The second-order valence-corrected chi connectivity index (χ2v) is 10.3. The van der Waals surface area contributed by atoms with Gasteiger partial charge in [0.25, 0.3) is 0 Å². The normalized spacial score (nSPS) is 21.8. The van der Waals surface area contributed by atoms with Crippen molar-refractivity contribution >= 4 is 0 Å². The summed E-state index contributed by atoms with van der Waals surface area (Å²) in [4.78, 5) is 0.